The molecule has 1 aliphatic rings. The molecule has 0 bridgehead atoms. The van der Waals surface area contributed by atoms with E-state index < -0.39 is 6.03 Å². The van der Waals surface area contributed by atoms with Gasteiger partial charge in [0.2, 0.25) is 5.91 Å². The molecule has 3 amide bonds. The molecular weight excluding hydrogens is 422 g/mol. The molecule has 0 spiro atoms. The molecule has 1 fully saturated rings. The third kappa shape index (κ3) is 4.85. The zero-order valence-corrected chi connectivity index (χ0v) is 19.5. The molecule has 3 aromatic rings. The van der Waals surface area contributed by atoms with Crippen LogP contribution in [0.15, 0.2) is 41.6 Å². The number of carbonyl (C=O) groups is 2. The molecule has 32 heavy (non-hydrogen) atoms. The second-order valence-corrected chi connectivity index (χ2v) is 9.31. The fourth-order valence-corrected chi connectivity index (χ4v) is 4.87. The fraction of sp³-hybridized carbons (Fsp3) is 0.333. The lowest BCUT2D eigenvalue weighted by Crippen LogP contribution is -2.53. The predicted molar refractivity (Wildman–Crippen MR) is 125 cm³/mol. The smallest absolute Gasteiger partial charge is 0.321 e. The Morgan fingerprint density at radius 3 is 2.47 bits per heavy atom. The van der Waals surface area contributed by atoms with Gasteiger partial charge in [0.1, 0.15) is 5.82 Å². The number of thioether (sulfide) groups is 1. The number of imide groups is 1. The Morgan fingerprint density at radius 2 is 1.72 bits per heavy atom. The van der Waals surface area contributed by atoms with E-state index in [9.17, 15) is 9.59 Å². The minimum atomic E-state index is -0.464. The van der Waals surface area contributed by atoms with Crippen LogP contribution < -0.4 is 10.6 Å². The number of aryl methyl sites for hydroxylation is 4. The van der Waals surface area contributed by atoms with Gasteiger partial charge in [-0.25, -0.2) is 4.79 Å². The second-order valence-electron chi connectivity index (χ2n) is 8.37. The molecular formula is C24H27N5O2S. The molecule has 8 heteroatoms. The maximum atomic E-state index is 11.8. The molecule has 1 aromatic heterocycles. The predicted octanol–water partition coefficient (Wildman–Crippen LogP) is 3.93. The monoisotopic (exact) mass is 449 g/mol. The van der Waals surface area contributed by atoms with Crippen molar-refractivity contribution in [1.82, 2.24) is 25.4 Å². The Balaban J connectivity index is 1.68. The fourth-order valence-electron chi connectivity index (χ4n) is 3.84. The first-order chi connectivity index (χ1) is 15.3. The van der Waals surface area contributed by atoms with Gasteiger partial charge < -0.3 is 5.32 Å². The largest absolute Gasteiger partial charge is 0.334 e. The summed E-state index contributed by atoms with van der Waals surface area (Å²) in [4.78, 5) is 23.6. The summed E-state index contributed by atoms with van der Waals surface area (Å²) in [5.41, 5.74) is 7.01. The molecule has 1 atom stereocenters. The molecule has 0 radical (unpaired) electrons. The van der Waals surface area contributed by atoms with E-state index in [1.807, 2.05) is 0 Å². The first-order valence-corrected chi connectivity index (χ1v) is 11.6. The van der Waals surface area contributed by atoms with Crippen molar-refractivity contribution in [3.05, 3.63) is 70.0 Å². The van der Waals surface area contributed by atoms with Gasteiger partial charge in [-0.1, -0.05) is 47.7 Å². The van der Waals surface area contributed by atoms with Crippen LogP contribution in [0, 0.1) is 27.7 Å². The topological polar surface area (TPSA) is 88.9 Å². The minimum absolute atomic E-state index is 0.219. The molecule has 7 nitrogen and oxygen atoms in total. The average molecular weight is 450 g/mol. The van der Waals surface area contributed by atoms with E-state index >= 15 is 0 Å². The molecule has 1 saturated heterocycles. The summed E-state index contributed by atoms with van der Waals surface area (Å²) < 4.78 is 2.07. The molecule has 166 valence electrons. The van der Waals surface area contributed by atoms with Crippen molar-refractivity contribution in [2.75, 3.05) is 0 Å². The van der Waals surface area contributed by atoms with Crippen molar-refractivity contribution >= 4 is 23.7 Å². The molecule has 2 aromatic carbocycles. The summed E-state index contributed by atoms with van der Waals surface area (Å²) in [5, 5.41) is 14.9. The highest BCUT2D eigenvalue weighted by Gasteiger charge is 2.27. The van der Waals surface area contributed by atoms with Crippen LogP contribution in [0.2, 0.25) is 0 Å². The third-order valence-corrected chi connectivity index (χ3v) is 6.59. The second kappa shape index (κ2) is 9.16. The van der Waals surface area contributed by atoms with Crippen LogP contribution in [-0.2, 0) is 17.0 Å². The lowest BCUT2D eigenvalue weighted by molar-refractivity contribution is -0.121. The first kappa shape index (κ1) is 22.1. The number of urea groups is 1. The minimum Gasteiger partial charge on any atom is -0.334 e. The maximum absolute atomic E-state index is 11.8. The van der Waals surface area contributed by atoms with Gasteiger partial charge in [0, 0.05) is 24.6 Å². The Morgan fingerprint density at radius 1 is 1.00 bits per heavy atom. The Kier molecular flexibility index (Phi) is 6.32. The number of hydrogen-bond donors (Lipinski definition) is 2. The molecule has 2 heterocycles. The van der Waals surface area contributed by atoms with Gasteiger partial charge in [0.25, 0.3) is 0 Å². The Hall–Kier alpha value is -3.13. The highest BCUT2D eigenvalue weighted by molar-refractivity contribution is 7.98. The van der Waals surface area contributed by atoms with Crippen molar-refractivity contribution < 1.29 is 9.59 Å². The van der Waals surface area contributed by atoms with Crippen LogP contribution in [0.3, 0.4) is 0 Å². The lowest BCUT2D eigenvalue weighted by Gasteiger charge is -2.23. The number of hydrogen-bond acceptors (Lipinski definition) is 5. The van der Waals surface area contributed by atoms with Crippen LogP contribution in [0.4, 0.5) is 4.79 Å². The van der Waals surface area contributed by atoms with E-state index in [1.54, 1.807) is 11.8 Å². The molecule has 1 aliphatic heterocycles. The summed E-state index contributed by atoms with van der Waals surface area (Å²) in [7, 11) is 0. The third-order valence-electron chi connectivity index (χ3n) is 5.62. The number of aromatic nitrogens is 3. The van der Waals surface area contributed by atoms with E-state index in [2.05, 4.69) is 89.5 Å². The SMILES string of the molecule is Cc1ccc(C)c(CSc2nnc(CC3CC(=O)NC(=O)N3)n2-c2cc(C)ccc2C)c1. The Bertz CT molecular complexity index is 1170. The van der Waals surface area contributed by atoms with Gasteiger partial charge in [-0.3, -0.25) is 14.7 Å². The normalized spacial score (nSPS) is 16.1. The number of benzene rings is 2. The van der Waals surface area contributed by atoms with E-state index in [-0.39, 0.29) is 18.4 Å². The van der Waals surface area contributed by atoms with Crippen LogP contribution in [0.1, 0.15) is 40.1 Å². The summed E-state index contributed by atoms with van der Waals surface area (Å²) >= 11 is 1.64. The highest BCUT2D eigenvalue weighted by atomic mass is 32.2. The van der Waals surface area contributed by atoms with Crippen molar-refractivity contribution in [3.63, 3.8) is 0 Å². The maximum Gasteiger partial charge on any atom is 0.321 e. The van der Waals surface area contributed by atoms with Crippen molar-refractivity contribution in [2.45, 2.75) is 57.5 Å². The molecule has 0 aliphatic carbocycles. The summed E-state index contributed by atoms with van der Waals surface area (Å²) in [6.07, 6.45) is 0.639. The molecule has 2 N–H and O–H groups in total. The van der Waals surface area contributed by atoms with Gasteiger partial charge in [-0.15, -0.1) is 10.2 Å². The average Bonchev–Trinajstić information content (AvgIpc) is 3.11. The van der Waals surface area contributed by atoms with E-state index in [1.165, 1.54) is 16.7 Å². The first-order valence-electron chi connectivity index (χ1n) is 10.6. The molecule has 1 unspecified atom stereocenters. The van der Waals surface area contributed by atoms with Gasteiger partial charge in [0.15, 0.2) is 5.16 Å². The summed E-state index contributed by atoms with van der Waals surface area (Å²) in [6, 6.07) is 12.0. The van der Waals surface area contributed by atoms with Crippen LogP contribution in [-0.4, -0.2) is 32.7 Å². The molecule has 0 saturated carbocycles. The van der Waals surface area contributed by atoms with Crippen LogP contribution >= 0.6 is 11.8 Å². The number of amides is 3. The van der Waals surface area contributed by atoms with E-state index in [0.717, 1.165) is 33.5 Å². The van der Waals surface area contributed by atoms with Crippen LogP contribution in [0.5, 0.6) is 0 Å². The van der Waals surface area contributed by atoms with Crippen molar-refractivity contribution in [1.29, 1.82) is 0 Å². The zero-order chi connectivity index (χ0) is 22.8. The molecule has 4 rings (SSSR count). The van der Waals surface area contributed by atoms with Gasteiger partial charge in [-0.2, -0.15) is 0 Å². The zero-order valence-electron chi connectivity index (χ0n) is 18.7. The van der Waals surface area contributed by atoms with Gasteiger partial charge >= 0.3 is 6.03 Å². The summed E-state index contributed by atoms with van der Waals surface area (Å²) in [6.45, 7) is 8.33. The standard InChI is InChI=1S/C24H27N5O2S/c1-14-5-7-16(3)18(9-14)13-32-24-28-27-21(11-19-12-22(30)26-23(31)25-19)29(24)20-10-15(2)6-8-17(20)4/h5-10,19H,11-13H2,1-4H3,(H2,25,26,30,31). The number of nitrogens with one attached hydrogen (secondary N) is 2. The van der Waals surface area contributed by atoms with Gasteiger partial charge in [-0.05, 0) is 56.0 Å². The lowest BCUT2D eigenvalue weighted by atomic mass is 10.1. The van der Waals surface area contributed by atoms with Gasteiger partial charge in [0.05, 0.1) is 5.69 Å². The van der Waals surface area contributed by atoms with Crippen LogP contribution in [0.25, 0.3) is 5.69 Å². The summed E-state index contributed by atoms with van der Waals surface area (Å²) in [5.74, 6) is 1.22. The van der Waals surface area contributed by atoms with Crippen molar-refractivity contribution in [2.24, 2.45) is 0 Å². The Labute approximate surface area is 192 Å². The highest BCUT2D eigenvalue weighted by Crippen LogP contribution is 2.29. The van der Waals surface area contributed by atoms with E-state index in [0.29, 0.717) is 6.42 Å². The number of nitrogens with zero attached hydrogens (tertiary/aromatic N) is 3. The number of rotatable bonds is 6. The number of carbonyl (C=O) groups excluding carboxylic acids is 2. The quantitative estimate of drug-likeness (QED) is 0.557. The van der Waals surface area contributed by atoms with E-state index in [4.69, 9.17) is 0 Å². The van der Waals surface area contributed by atoms with Crippen molar-refractivity contribution in [3.8, 4) is 5.69 Å².